The molecule has 4 aromatic rings. The topological polar surface area (TPSA) is 109 Å². The molecule has 2 aromatic heterocycles. The van der Waals surface area contributed by atoms with Crippen LogP contribution >= 0.6 is 0 Å². The number of rotatable bonds is 4. The number of aromatic nitrogens is 5. The summed E-state index contributed by atoms with van der Waals surface area (Å²) in [5.74, 6) is -1.36. The van der Waals surface area contributed by atoms with Gasteiger partial charge >= 0.3 is 6.03 Å². The lowest BCUT2D eigenvalue weighted by atomic mass is 9.97. The van der Waals surface area contributed by atoms with Gasteiger partial charge in [-0.15, -0.1) is 5.10 Å². The van der Waals surface area contributed by atoms with Crippen LogP contribution in [0.3, 0.4) is 0 Å². The third-order valence-electron chi connectivity index (χ3n) is 6.11. The van der Waals surface area contributed by atoms with Crippen LogP contribution in [-0.2, 0) is 6.54 Å². The number of piperidine rings is 1. The van der Waals surface area contributed by atoms with Gasteiger partial charge in [0, 0.05) is 25.1 Å². The average Bonchev–Trinajstić information content (AvgIpc) is 3.25. The van der Waals surface area contributed by atoms with Crippen LogP contribution in [0.25, 0.3) is 11.2 Å². The Morgan fingerprint density at radius 3 is 2.77 bits per heavy atom. The summed E-state index contributed by atoms with van der Waals surface area (Å²) in [6, 6.07) is 10.4. The summed E-state index contributed by atoms with van der Waals surface area (Å²) in [6.45, 7) is 3.16. The number of H-pyrrole nitrogens is 1. The molecule has 1 aliphatic heterocycles. The van der Waals surface area contributed by atoms with Crippen molar-refractivity contribution < 1.29 is 13.6 Å². The molecule has 3 heterocycles. The van der Waals surface area contributed by atoms with Gasteiger partial charge in [-0.2, -0.15) is 0 Å². The molecule has 0 spiro atoms. The molecule has 0 radical (unpaired) electrons. The van der Waals surface area contributed by atoms with E-state index in [0.29, 0.717) is 43.5 Å². The maximum absolute atomic E-state index is 14.0. The largest absolute Gasteiger partial charge is 0.324 e. The number of amides is 2. The second-order valence-corrected chi connectivity index (χ2v) is 8.70. The van der Waals surface area contributed by atoms with Crippen LogP contribution < -0.4 is 10.9 Å². The van der Waals surface area contributed by atoms with Crippen molar-refractivity contribution in [3.05, 3.63) is 81.4 Å². The summed E-state index contributed by atoms with van der Waals surface area (Å²) in [5.41, 5.74) is 2.17. The van der Waals surface area contributed by atoms with Crippen molar-refractivity contribution in [1.82, 2.24) is 29.9 Å². The number of carbonyl (C=O) groups is 1. The number of nitrogens with one attached hydrogen (secondary N) is 2. The van der Waals surface area contributed by atoms with Crippen LogP contribution in [0.4, 0.5) is 19.3 Å². The van der Waals surface area contributed by atoms with Gasteiger partial charge in [0.05, 0.1) is 12.2 Å². The Bertz CT molecular complexity index is 1450. The van der Waals surface area contributed by atoms with E-state index in [9.17, 15) is 18.4 Å². The Hall–Kier alpha value is -4.15. The van der Waals surface area contributed by atoms with E-state index in [1.807, 2.05) is 31.2 Å². The predicted octanol–water partition coefficient (Wildman–Crippen LogP) is 3.56. The first kappa shape index (κ1) is 22.6. The molecule has 180 valence electrons. The normalized spacial score (nSPS) is 16.0. The number of aryl methyl sites for hydroxylation is 1. The average molecular weight is 479 g/mol. The lowest BCUT2D eigenvalue weighted by Gasteiger charge is -2.32. The number of nitrogens with zero attached hydrogens (tertiary/aromatic N) is 5. The molecule has 0 saturated carbocycles. The number of hydrogen-bond donors (Lipinski definition) is 2. The Morgan fingerprint density at radius 2 is 2.00 bits per heavy atom. The molecule has 2 N–H and O–H groups in total. The molecule has 11 heteroatoms. The van der Waals surface area contributed by atoms with Crippen molar-refractivity contribution in [3.8, 4) is 0 Å². The first-order chi connectivity index (χ1) is 16.9. The minimum Gasteiger partial charge on any atom is -0.324 e. The zero-order valence-corrected chi connectivity index (χ0v) is 19.0. The number of halogens is 2. The fraction of sp³-hybridized carbons (Fsp3) is 0.292. The molecule has 0 aliphatic carbocycles. The second-order valence-electron chi connectivity index (χ2n) is 8.70. The highest BCUT2D eigenvalue weighted by molar-refractivity contribution is 5.89. The van der Waals surface area contributed by atoms with Crippen LogP contribution in [-0.4, -0.2) is 49.0 Å². The molecule has 1 saturated heterocycles. The van der Waals surface area contributed by atoms with Crippen LogP contribution in [0.2, 0.25) is 0 Å². The van der Waals surface area contributed by atoms with Gasteiger partial charge in [0.25, 0.3) is 5.56 Å². The summed E-state index contributed by atoms with van der Waals surface area (Å²) < 4.78 is 28.7. The van der Waals surface area contributed by atoms with Crippen molar-refractivity contribution in [2.24, 2.45) is 0 Å². The molecule has 5 rings (SSSR count). The van der Waals surface area contributed by atoms with E-state index in [1.165, 1.54) is 11.0 Å². The molecular formula is C24H23F2N7O2. The number of fused-ring (bicyclic) bond motifs is 1. The summed E-state index contributed by atoms with van der Waals surface area (Å²) in [5, 5.41) is 10.6. The van der Waals surface area contributed by atoms with Gasteiger partial charge in [-0.05, 0) is 37.5 Å². The second kappa shape index (κ2) is 9.24. The molecule has 2 amide bonds. The van der Waals surface area contributed by atoms with E-state index in [0.717, 1.165) is 17.2 Å². The SMILES string of the molecule is Cc1ccc(Cn2nnc3c(=O)[nH]c([C@H]4CCCN(C(=O)Nc5ccc(F)cc5F)C4)nc32)cc1. The van der Waals surface area contributed by atoms with Gasteiger partial charge in [0.1, 0.15) is 17.5 Å². The van der Waals surface area contributed by atoms with Gasteiger partial charge in [-0.25, -0.2) is 23.2 Å². The highest BCUT2D eigenvalue weighted by Crippen LogP contribution is 2.26. The van der Waals surface area contributed by atoms with E-state index in [2.05, 4.69) is 25.6 Å². The molecule has 1 fully saturated rings. The first-order valence-electron chi connectivity index (χ1n) is 11.3. The van der Waals surface area contributed by atoms with Crippen LogP contribution in [0.1, 0.15) is 35.7 Å². The summed E-state index contributed by atoms with van der Waals surface area (Å²) in [6.07, 6.45) is 1.38. The number of carbonyl (C=O) groups excluding carboxylic acids is 1. The van der Waals surface area contributed by atoms with Crippen molar-refractivity contribution in [2.75, 3.05) is 18.4 Å². The molecule has 35 heavy (non-hydrogen) atoms. The molecule has 1 aliphatic rings. The zero-order valence-electron chi connectivity index (χ0n) is 19.0. The quantitative estimate of drug-likeness (QED) is 0.465. The summed E-state index contributed by atoms with van der Waals surface area (Å²) in [4.78, 5) is 34.4. The Labute approximate surface area is 198 Å². The van der Waals surface area contributed by atoms with E-state index < -0.39 is 23.2 Å². The highest BCUT2D eigenvalue weighted by Gasteiger charge is 2.28. The van der Waals surface area contributed by atoms with Gasteiger partial charge in [-0.3, -0.25) is 4.79 Å². The molecule has 0 unspecified atom stereocenters. The van der Waals surface area contributed by atoms with Gasteiger partial charge < -0.3 is 15.2 Å². The Morgan fingerprint density at radius 1 is 1.20 bits per heavy atom. The number of benzene rings is 2. The van der Waals surface area contributed by atoms with Crippen molar-refractivity contribution in [1.29, 1.82) is 0 Å². The lowest BCUT2D eigenvalue weighted by Crippen LogP contribution is -2.42. The van der Waals surface area contributed by atoms with Crippen molar-refractivity contribution in [3.63, 3.8) is 0 Å². The zero-order chi connectivity index (χ0) is 24.5. The predicted molar refractivity (Wildman–Crippen MR) is 125 cm³/mol. The van der Waals surface area contributed by atoms with E-state index in [1.54, 1.807) is 4.68 Å². The maximum atomic E-state index is 14.0. The van der Waals surface area contributed by atoms with Crippen LogP contribution in [0, 0.1) is 18.6 Å². The summed E-state index contributed by atoms with van der Waals surface area (Å²) in [7, 11) is 0. The fourth-order valence-electron chi connectivity index (χ4n) is 4.22. The number of aromatic amines is 1. The van der Waals surface area contributed by atoms with E-state index in [4.69, 9.17) is 0 Å². The molecule has 0 bridgehead atoms. The van der Waals surface area contributed by atoms with Gasteiger partial charge in [-0.1, -0.05) is 35.0 Å². The molecular weight excluding hydrogens is 456 g/mol. The van der Waals surface area contributed by atoms with Crippen LogP contribution in [0.15, 0.2) is 47.3 Å². The molecule has 2 aromatic carbocycles. The number of likely N-dealkylation sites (tertiary alicyclic amines) is 1. The standard InChI is InChI=1S/C24H23F2N7O2/c1-14-4-6-15(7-5-14)12-33-22-20(30-31-33)23(34)29-21(28-22)16-3-2-10-32(13-16)24(35)27-19-9-8-17(25)11-18(19)26/h4-9,11,16H,2-3,10,12-13H2,1H3,(H,27,35)(H,28,29,34)/t16-/m0/s1. The fourth-order valence-corrected chi connectivity index (χ4v) is 4.22. The first-order valence-corrected chi connectivity index (χ1v) is 11.3. The monoisotopic (exact) mass is 479 g/mol. The maximum Gasteiger partial charge on any atom is 0.321 e. The third-order valence-corrected chi connectivity index (χ3v) is 6.11. The Kier molecular flexibility index (Phi) is 5.98. The van der Waals surface area contributed by atoms with Crippen molar-refractivity contribution >= 4 is 22.9 Å². The molecule has 9 nitrogen and oxygen atoms in total. The van der Waals surface area contributed by atoms with Gasteiger partial charge in [0.15, 0.2) is 11.2 Å². The molecule has 1 atom stereocenters. The van der Waals surface area contributed by atoms with Crippen LogP contribution in [0.5, 0.6) is 0 Å². The third kappa shape index (κ3) is 4.75. The van der Waals surface area contributed by atoms with E-state index >= 15 is 0 Å². The number of anilines is 1. The number of urea groups is 1. The van der Waals surface area contributed by atoms with Crippen molar-refractivity contribution in [2.45, 2.75) is 32.2 Å². The summed E-state index contributed by atoms with van der Waals surface area (Å²) >= 11 is 0. The lowest BCUT2D eigenvalue weighted by molar-refractivity contribution is 0.191. The minimum absolute atomic E-state index is 0.0995. The minimum atomic E-state index is -0.849. The number of hydrogen-bond acceptors (Lipinski definition) is 5. The van der Waals surface area contributed by atoms with Gasteiger partial charge in [0.2, 0.25) is 0 Å². The Balaban J connectivity index is 1.36. The smallest absolute Gasteiger partial charge is 0.321 e. The van der Waals surface area contributed by atoms with E-state index in [-0.39, 0.29) is 23.7 Å². The highest BCUT2D eigenvalue weighted by atomic mass is 19.1.